The number of rotatable bonds is 7. The zero-order valence-electron chi connectivity index (χ0n) is 13.1. The Bertz CT molecular complexity index is 709. The number of benzene rings is 1. The number of piperidine rings is 1. The normalized spacial score (nSPS) is 19.6. The van der Waals surface area contributed by atoms with Crippen molar-refractivity contribution in [2.24, 2.45) is 5.92 Å². The Balaban J connectivity index is 1.96. The molecule has 0 spiro atoms. The fraction of sp³-hybridized carbons (Fsp3) is 0.571. The fourth-order valence-corrected chi connectivity index (χ4v) is 4.34. The molecular weight excluding hydrogens is 338 g/mol. The van der Waals surface area contributed by atoms with E-state index in [1.807, 2.05) is 0 Å². The average molecular weight is 361 g/mol. The molecule has 0 aliphatic carbocycles. The zero-order chi connectivity index (χ0) is 16.9. The summed E-state index contributed by atoms with van der Waals surface area (Å²) >= 11 is 0. The van der Waals surface area contributed by atoms with Crippen molar-refractivity contribution in [3.8, 4) is 0 Å². The van der Waals surface area contributed by atoms with Crippen molar-refractivity contribution in [1.29, 1.82) is 0 Å². The third kappa shape index (κ3) is 4.98. The van der Waals surface area contributed by atoms with Crippen LogP contribution in [0.25, 0.3) is 0 Å². The van der Waals surface area contributed by atoms with E-state index in [-0.39, 0.29) is 9.79 Å². The van der Waals surface area contributed by atoms with Gasteiger partial charge in [0.15, 0.2) is 0 Å². The van der Waals surface area contributed by atoms with Gasteiger partial charge in [0.25, 0.3) is 0 Å². The van der Waals surface area contributed by atoms with Crippen LogP contribution in [0.2, 0.25) is 0 Å². The third-order valence-corrected chi connectivity index (χ3v) is 6.86. The van der Waals surface area contributed by atoms with E-state index in [0.29, 0.717) is 12.5 Å². The summed E-state index contributed by atoms with van der Waals surface area (Å²) in [6.45, 7) is 2.34. The quantitative estimate of drug-likeness (QED) is 0.646. The highest BCUT2D eigenvalue weighted by Crippen LogP contribution is 2.16. The molecule has 0 saturated carbocycles. The van der Waals surface area contributed by atoms with Gasteiger partial charge in [0.2, 0.25) is 20.0 Å². The van der Waals surface area contributed by atoms with Crippen LogP contribution in [0.1, 0.15) is 19.3 Å². The first-order chi connectivity index (χ1) is 10.8. The Hall–Kier alpha value is -1.00. The van der Waals surface area contributed by atoms with Gasteiger partial charge in [0, 0.05) is 6.54 Å². The molecule has 1 aliphatic rings. The minimum atomic E-state index is -3.62. The molecule has 1 atom stereocenters. The Morgan fingerprint density at radius 3 is 2.22 bits per heavy atom. The third-order valence-electron chi connectivity index (χ3n) is 3.96. The number of hydrogen-bond acceptors (Lipinski definition) is 5. The summed E-state index contributed by atoms with van der Waals surface area (Å²) < 4.78 is 52.4. The van der Waals surface area contributed by atoms with Gasteiger partial charge in [-0.05, 0) is 69.6 Å². The SMILES string of the molecule is CNS(=O)(=O)c1ccc(S(=O)(=O)NCCC2CCCNC2)cc1. The highest BCUT2D eigenvalue weighted by atomic mass is 32.2. The van der Waals surface area contributed by atoms with E-state index in [9.17, 15) is 16.8 Å². The molecule has 130 valence electrons. The van der Waals surface area contributed by atoms with Crippen LogP contribution in [-0.2, 0) is 20.0 Å². The van der Waals surface area contributed by atoms with E-state index in [4.69, 9.17) is 0 Å². The second kappa shape index (κ2) is 7.71. The molecule has 1 saturated heterocycles. The maximum absolute atomic E-state index is 12.2. The van der Waals surface area contributed by atoms with Gasteiger partial charge in [0.05, 0.1) is 9.79 Å². The van der Waals surface area contributed by atoms with Crippen molar-refractivity contribution in [2.75, 3.05) is 26.7 Å². The van der Waals surface area contributed by atoms with E-state index in [1.165, 1.54) is 31.3 Å². The molecule has 1 aromatic carbocycles. The van der Waals surface area contributed by atoms with Gasteiger partial charge < -0.3 is 5.32 Å². The summed E-state index contributed by atoms with van der Waals surface area (Å²) in [7, 11) is -5.87. The standard InChI is InChI=1S/C14H23N3O4S2/c1-15-22(18,19)13-4-6-14(7-5-13)23(20,21)17-10-8-12-3-2-9-16-11-12/h4-7,12,15-17H,2-3,8-11H2,1H3. The first-order valence-corrected chi connectivity index (χ1v) is 10.6. The van der Waals surface area contributed by atoms with E-state index >= 15 is 0 Å². The molecular formula is C14H23N3O4S2. The maximum atomic E-state index is 12.2. The molecule has 0 bridgehead atoms. The minimum Gasteiger partial charge on any atom is -0.316 e. The summed E-state index contributed by atoms with van der Waals surface area (Å²) in [5.41, 5.74) is 0. The van der Waals surface area contributed by atoms with E-state index in [2.05, 4.69) is 14.8 Å². The number of hydrogen-bond donors (Lipinski definition) is 3. The number of nitrogens with one attached hydrogen (secondary N) is 3. The monoisotopic (exact) mass is 361 g/mol. The Morgan fingerprint density at radius 2 is 1.70 bits per heavy atom. The van der Waals surface area contributed by atoms with Gasteiger partial charge in [-0.25, -0.2) is 26.3 Å². The van der Waals surface area contributed by atoms with Crippen molar-refractivity contribution in [2.45, 2.75) is 29.1 Å². The molecule has 2 rings (SSSR count). The average Bonchev–Trinajstić information content (AvgIpc) is 2.56. The van der Waals surface area contributed by atoms with Crippen molar-refractivity contribution >= 4 is 20.0 Å². The predicted molar refractivity (Wildman–Crippen MR) is 88.1 cm³/mol. The lowest BCUT2D eigenvalue weighted by atomic mass is 9.96. The largest absolute Gasteiger partial charge is 0.316 e. The summed E-state index contributed by atoms with van der Waals surface area (Å²) in [5, 5.41) is 3.30. The summed E-state index contributed by atoms with van der Waals surface area (Å²) in [6.07, 6.45) is 3.03. The van der Waals surface area contributed by atoms with Crippen molar-refractivity contribution in [3.63, 3.8) is 0 Å². The zero-order valence-corrected chi connectivity index (χ0v) is 14.7. The Morgan fingerprint density at radius 1 is 1.09 bits per heavy atom. The second-order valence-electron chi connectivity index (χ2n) is 5.58. The van der Waals surface area contributed by atoms with Crippen LogP contribution >= 0.6 is 0 Å². The van der Waals surface area contributed by atoms with Crippen LogP contribution in [0.5, 0.6) is 0 Å². The van der Waals surface area contributed by atoms with Gasteiger partial charge in [-0.2, -0.15) is 0 Å². The first kappa shape index (κ1) is 18.3. The maximum Gasteiger partial charge on any atom is 0.240 e. The molecule has 9 heteroatoms. The minimum absolute atomic E-state index is 0.0345. The van der Waals surface area contributed by atoms with E-state index in [1.54, 1.807) is 0 Å². The summed E-state index contributed by atoms with van der Waals surface area (Å²) in [4.78, 5) is 0.0987. The summed E-state index contributed by atoms with van der Waals surface area (Å²) in [5.74, 6) is 0.495. The topological polar surface area (TPSA) is 104 Å². The highest BCUT2D eigenvalue weighted by molar-refractivity contribution is 7.90. The van der Waals surface area contributed by atoms with Crippen molar-refractivity contribution < 1.29 is 16.8 Å². The molecule has 3 N–H and O–H groups in total. The van der Waals surface area contributed by atoms with Crippen LogP contribution < -0.4 is 14.8 Å². The lowest BCUT2D eigenvalue weighted by molar-refractivity contribution is 0.358. The van der Waals surface area contributed by atoms with Crippen LogP contribution in [0.15, 0.2) is 34.1 Å². The van der Waals surface area contributed by atoms with Gasteiger partial charge in [-0.3, -0.25) is 0 Å². The molecule has 7 nitrogen and oxygen atoms in total. The number of sulfonamides is 2. The fourth-order valence-electron chi connectivity index (χ4n) is 2.57. The molecule has 1 heterocycles. The van der Waals surface area contributed by atoms with Crippen LogP contribution in [0, 0.1) is 5.92 Å². The van der Waals surface area contributed by atoms with E-state index < -0.39 is 20.0 Å². The van der Waals surface area contributed by atoms with Crippen molar-refractivity contribution in [3.05, 3.63) is 24.3 Å². The molecule has 0 aromatic heterocycles. The molecule has 0 amide bonds. The summed E-state index contributed by atoms with van der Waals surface area (Å²) in [6, 6.07) is 5.17. The van der Waals surface area contributed by atoms with Gasteiger partial charge >= 0.3 is 0 Å². The molecule has 1 unspecified atom stereocenters. The molecule has 0 radical (unpaired) electrons. The van der Waals surface area contributed by atoms with Crippen LogP contribution in [0.4, 0.5) is 0 Å². The second-order valence-corrected chi connectivity index (χ2v) is 9.23. The molecule has 1 fully saturated rings. The van der Waals surface area contributed by atoms with Gasteiger partial charge in [-0.1, -0.05) is 0 Å². The van der Waals surface area contributed by atoms with Crippen LogP contribution in [0.3, 0.4) is 0 Å². The predicted octanol–water partition coefficient (Wildman–Crippen LogP) is 0.263. The van der Waals surface area contributed by atoms with Crippen molar-refractivity contribution in [1.82, 2.24) is 14.8 Å². The molecule has 1 aromatic rings. The Labute approximate surface area is 138 Å². The Kier molecular flexibility index (Phi) is 6.15. The highest BCUT2D eigenvalue weighted by Gasteiger charge is 2.18. The smallest absolute Gasteiger partial charge is 0.240 e. The molecule has 1 aliphatic heterocycles. The van der Waals surface area contributed by atoms with E-state index in [0.717, 1.165) is 32.4 Å². The van der Waals surface area contributed by atoms with Gasteiger partial charge in [-0.15, -0.1) is 0 Å². The first-order valence-electron chi connectivity index (χ1n) is 7.59. The van der Waals surface area contributed by atoms with Gasteiger partial charge in [0.1, 0.15) is 0 Å². The van der Waals surface area contributed by atoms with Crippen LogP contribution in [-0.4, -0.2) is 43.5 Å². The lowest BCUT2D eigenvalue weighted by Crippen LogP contribution is -2.33. The molecule has 23 heavy (non-hydrogen) atoms. The lowest BCUT2D eigenvalue weighted by Gasteiger charge is -2.22.